The molecular weight excluding hydrogens is 310 g/mol. The monoisotopic (exact) mass is 335 g/mol. The third-order valence-corrected chi connectivity index (χ3v) is 5.07. The van der Waals surface area contributed by atoms with Crippen LogP contribution >= 0.6 is 0 Å². The molecule has 3 aromatic rings. The summed E-state index contributed by atoms with van der Waals surface area (Å²) in [7, 11) is 0. The van der Waals surface area contributed by atoms with Gasteiger partial charge in [-0.05, 0) is 62.8 Å². The Morgan fingerprint density at radius 2 is 2.08 bits per heavy atom. The summed E-state index contributed by atoms with van der Waals surface area (Å²) >= 11 is 0. The van der Waals surface area contributed by atoms with E-state index in [0.717, 1.165) is 52.3 Å². The van der Waals surface area contributed by atoms with Crippen LogP contribution < -0.4 is 0 Å². The number of hydrogen-bond acceptors (Lipinski definition) is 3. The molecule has 25 heavy (non-hydrogen) atoms. The standard InChI is InChI=1S/C21H25N3O/c1-5-7-14(6-2)17-10-16(19-12(3)24-25-13(19)4)11-18-20(17)23-21(22-18)15-8-9-15/h7,10-11,15H,5-6,8-9H2,1-4H3,(H,22,23). The predicted octanol–water partition coefficient (Wildman–Crippen LogP) is 5.92. The van der Waals surface area contributed by atoms with Crippen LogP contribution in [0.25, 0.3) is 27.7 Å². The Morgan fingerprint density at radius 3 is 2.68 bits per heavy atom. The van der Waals surface area contributed by atoms with E-state index >= 15 is 0 Å². The Morgan fingerprint density at radius 1 is 1.28 bits per heavy atom. The lowest BCUT2D eigenvalue weighted by atomic mass is 9.95. The van der Waals surface area contributed by atoms with Crippen LogP contribution in [0, 0.1) is 13.8 Å². The number of fused-ring (bicyclic) bond motifs is 1. The number of rotatable bonds is 5. The fourth-order valence-corrected chi connectivity index (χ4v) is 3.66. The average Bonchev–Trinajstić information content (AvgIpc) is 3.28. The van der Waals surface area contributed by atoms with Gasteiger partial charge in [-0.15, -0.1) is 0 Å². The number of hydrogen-bond donors (Lipinski definition) is 1. The van der Waals surface area contributed by atoms with Gasteiger partial charge in [0.25, 0.3) is 0 Å². The van der Waals surface area contributed by atoms with Gasteiger partial charge in [0, 0.05) is 17.0 Å². The number of nitrogens with zero attached hydrogens (tertiary/aromatic N) is 2. The zero-order chi connectivity index (χ0) is 17.6. The summed E-state index contributed by atoms with van der Waals surface area (Å²) in [5, 5.41) is 4.13. The number of allylic oxidation sites excluding steroid dienone is 2. The van der Waals surface area contributed by atoms with Crippen LogP contribution in [0.1, 0.15) is 68.3 Å². The minimum atomic E-state index is 0.614. The molecule has 1 fully saturated rings. The molecule has 4 heteroatoms. The van der Waals surface area contributed by atoms with E-state index in [2.05, 4.69) is 42.2 Å². The van der Waals surface area contributed by atoms with Crippen LogP contribution in [-0.4, -0.2) is 15.1 Å². The summed E-state index contributed by atoms with van der Waals surface area (Å²) in [5.74, 6) is 2.62. The van der Waals surface area contributed by atoms with Crippen molar-refractivity contribution in [2.24, 2.45) is 0 Å². The molecule has 4 nitrogen and oxygen atoms in total. The molecule has 1 saturated carbocycles. The SMILES string of the molecule is CCC=C(CC)c1cc(-c2c(C)noc2C)cc2[nH]c(C3CC3)nc12. The van der Waals surface area contributed by atoms with Gasteiger partial charge in [-0.3, -0.25) is 0 Å². The maximum absolute atomic E-state index is 5.40. The normalized spacial score (nSPS) is 15.3. The van der Waals surface area contributed by atoms with Crippen molar-refractivity contribution < 1.29 is 4.52 Å². The molecule has 0 spiro atoms. The summed E-state index contributed by atoms with van der Waals surface area (Å²) in [4.78, 5) is 8.53. The van der Waals surface area contributed by atoms with E-state index in [0.29, 0.717) is 5.92 Å². The Hall–Kier alpha value is -2.36. The van der Waals surface area contributed by atoms with Crippen LogP contribution in [-0.2, 0) is 0 Å². The summed E-state index contributed by atoms with van der Waals surface area (Å²) in [5.41, 5.74) is 7.99. The Kier molecular flexibility index (Phi) is 3.98. The van der Waals surface area contributed by atoms with Gasteiger partial charge >= 0.3 is 0 Å². The van der Waals surface area contributed by atoms with Crippen molar-refractivity contribution in [1.82, 2.24) is 15.1 Å². The topological polar surface area (TPSA) is 54.7 Å². The highest BCUT2D eigenvalue weighted by molar-refractivity contribution is 5.94. The molecule has 4 rings (SSSR count). The van der Waals surface area contributed by atoms with Crippen molar-refractivity contribution in [1.29, 1.82) is 0 Å². The molecule has 2 aromatic heterocycles. The number of aromatic amines is 1. The van der Waals surface area contributed by atoms with Crippen LogP contribution in [0.2, 0.25) is 0 Å². The van der Waals surface area contributed by atoms with Crippen molar-refractivity contribution in [3.05, 3.63) is 41.1 Å². The summed E-state index contributed by atoms with van der Waals surface area (Å²) in [6.07, 6.45) is 6.84. The Bertz CT molecular complexity index is 938. The molecule has 2 heterocycles. The minimum absolute atomic E-state index is 0.614. The van der Waals surface area contributed by atoms with Crippen molar-refractivity contribution >= 4 is 16.6 Å². The molecule has 0 radical (unpaired) electrons. The number of aromatic nitrogens is 3. The van der Waals surface area contributed by atoms with Crippen LogP contribution in [0.3, 0.4) is 0 Å². The molecule has 0 saturated heterocycles. The summed E-state index contributed by atoms with van der Waals surface area (Å²) in [6.45, 7) is 8.38. The van der Waals surface area contributed by atoms with E-state index < -0.39 is 0 Å². The molecular formula is C21H25N3O. The van der Waals surface area contributed by atoms with E-state index in [1.54, 1.807) is 0 Å². The number of aryl methyl sites for hydroxylation is 2. The van der Waals surface area contributed by atoms with Gasteiger partial charge in [-0.25, -0.2) is 4.98 Å². The van der Waals surface area contributed by atoms with E-state index in [1.807, 2.05) is 13.8 Å². The summed E-state index contributed by atoms with van der Waals surface area (Å²) < 4.78 is 5.40. The molecule has 0 aliphatic heterocycles. The first-order valence-corrected chi connectivity index (χ1v) is 9.28. The number of imidazole rings is 1. The number of nitrogens with one attached hydrogen (secondary N) is 1. The third kappa shape index (κ3) is 2.80. The molecule has 0 amide bonds. The molecule has 130 valence electrons. The molecule has 0 atom stereocenters. The van der Waals surface area contributed by atoms with Gasteiger partial charge in [0.1, 0.15) is 11.6 Å². The lowest BCUT2D eigenvalue weighted by Gasteiger charge is -2.09. The fourth-order valence-electron chi connectivity index (χ4n) is 3.66. The second kappa shape index (κ2) is 6.17. The molecule has 1 N–H and O–H groups in total. The Balaban J connectivity index is 1.98. The van der Waals surface area contributed by atoms with Crippen molar-refractivity contribution in [3.8, 4) is 11.1 Å². The van der Waals surface area contributed by atoms with Crippen LogP contribution in [0.5, 0.6) is 0 Å². The van der Waals surface area contributed by atoms with E-state index in [4.69, 9.17) is 9.51 Å². The van der Waals surface area contributed by atoms with Crippen LogP contribution in [0.15, 0.2) is 22.7 Å². The molecule has 1 aliphatic carbocycles. The van der Waals surface area contributed by atoms with Crippen molar-refractivity contribution in [2.75, 3.05) is 0 Å². The minimum Gasteiger partial charge on any atom is -0.361 e. The number of H-pyrrole nitrogens is 1. The summed E-state index contributed by atoms with van der Waals surface area (Å²) in [6, 6.07) is 4.46. The largest absolute Gasteiger partial charge is 0.361 e. The maximum atomic E-state index is 5.40. The molecule has 0 bridgehead atoms. The second-order valence-corrected chi connectivity index (χ2v) is 7.01. The lowest BCUT2D eigenvalue weighted by Crippen LogP contribution is -1.90. The highest BCUT2D eigenvalue weighted by atomic mass is 16.5. The highest BCUT2D eigenvalue weighted by Gasteiger charge is 2.27. The van der Waals surface area contributed by atoms with Gasteiger partial charge in [0.2, 0.25) is 0 Å². The Labute approximate surface area is 148 Å². The van der Waals surface area contributed by atoms with Gasteiger partial charge in [-0.2, -0.15) is 0 Å². The second-order valence-electron chi connectivity index (χ2n) is 7.01. The molecule has 1 aliphatic rings. The molecule has 0 unspecified atom stereocenters. The van der Waals surface area contributed by atoms with Gasteiger partial charge in [-0.1, -0.05) is 25.1 Å². The first kappa shape index (κ1) is 16.1. The van der Waals surface area contributed by atoms with Crippen LogP contribution in [0.4, 0.5) is 0 Å². The zero-order valence-corrected chi connectivity index (χ0v) is 15.4. The average molecular weight is 335 g/mol. The van der Waals surface area contributed by atoms with E-state index in [1.165, 1.54) is 24.0 Å². The lowest BCUT2D eigenvalue weighted by molar-refractivity contribution is 0.393. The quantitative estimate of drug-likeness (QED) is 0.630. The van der Waals surface area contributed by atoms with E-state index in [-0.39, 0.29) is 0 Å². The maximum Gasteiger partial charge on any atom is 0.141 e. The van der Waals surface area contributed by atoms with E-state index in [9.17, 15) is 0 Å². The first-order valence-electron chi connectivity index (χ1n) is 9.28. The van der Waals surface area contributed by atoms with Gasteiger partial charge in [0.15, 0.2) is 0 Å². The zero-order valence-electron chi connectivity index (χ0n) is 15.4. The first-order chi connectivity index (χ1) is 12.1. The van der Waals surface area contributed by atoms with Gasteiger partial charge < -0.3 is 9.51 Å². The number of benzene rings is 1. The third-order valence-electron chi connectivity index (χ3n) is 5.07. The predicted molar refractivity (Wildman–Crippen MR) is 102 cm³/mol. The van der Waals surface area contributed by atoms with Crippen molar-refractivity contribution in [2.45, 2.75) is 59.3 Å². The van der Waals surface area contributed by atoms with Gasteiger partial charge in [0.05, 0.1) is 16.7 Å². The highest BCUT2D eigenvalue weighted by Crippen LogP contribution is 2.41. The smallest absolute Gasteiger partial charge is 0.141 e. The van der Waals surface area contributed by atoms with Crippen molar-refractivity contribution in [3.63, 3.8) is 0 Å². The fraction of sp³-hybridized carbons (Fsp3) is 0.429. The molecule has 1 aromatic carbocycles.